The second-order valence-electron chi connectivity index (χ2n) is 15.7. The smallest absolute Gasteiger partial charge is 0.331 e. The SMILES string of the molecule is C[C@@H]1O[C@H](O[C@H]2CC[C@]3(C=O)[C@@H]4CC[C@@]5(C)[C@@H](C6=CC(=O)OC6)CC[C@@]5(O)[C@@H]4CC[C@]3(O)C2)C[C@H](O)[C@H]1O[C@H]1OC[C@@H](O)[C@@H](O)[C@H]1O. The fourth-order valence-corrected chi connectivity index (χ4v) is 11.0. The molecule has 6 fully saturated rings. The molecular weight excluding hydrogens is 616 g/mol. The lowest BCUT2D eigenvalue weighted by Gasteiger charge is -2.65. The van der Waals surface area contributed by atoms with Crippen LogP contribution >= 0.6 is 0 Å². The largest absolute Gasteiger partial charge is 0.458 e. The summed E-state index contributed by atoms with van der Waals surface area (Å²) in [7, 11) is 0. The Kier molecular flexibility index (Phi) is 8.72. The fourth-order valence-electron chi connectivity index (χ4n) is 11.0. The minimum Gasteiger partial charge on any atom is -0.458 e. The number of rotatable bonds is 6. The molecule has 3 heterocycles. The predicted molar refractivity (Wildman–Crippen MR) is 160 cm³/mol. The van der Waals surface area contributed by atoms with Crippen molar-refractivity contribution in [2.45, 2.75) is 145 Å². The molecule has 2 saturated heterocycles. The van der Waals surface area contributed by atoms with Gasteiger partial charge < -0.3 is 59.1 Å². The Morgan fingerprint density at radius 1 is 0.936 bits per heavy atom. The average molecular weight is 667 g/mol. The van der Waals surface area contributed by atoms with Crippen LogP contribution in [0, 0.1) is 28.6 Å². The van der Waals surface area contributed by atoms with E-state index < -0.39 is 77.3 Å². The minimum absolute atomic E-state index is 0.0370. The van der Waals surface area contributed by atoms with Crippen LogP contribution in [0.1, 0.15) is 78.1 Å². The zero-order valence-corrected chi connectivity index (χ0v) is 27.1. The molecule has 3 aliphatic heterocycles. The van der Waals surface area contributed by atoms with E-state index in [0.29, 0.717) is 44.9 Å². The van der Waals surface area contributed by atoms with Crippen LogP contribution in [0.2, 0.25) is 0 Å². The highest BCUT2D eigenvalue weighted by Gasteiger charge is 2.71. The molecule has 0 amide bonds. The highest BCUT2D eigenvalue weighted by molar-refractivity contribution is 5.85. The van der Waals surface area contributed by atoms with Crippen LogP contribution in [0.5, 0.6) is 0 Å². The van der Waals surface area contributed by atoms with Crippen molar-refractivity contribution in [1.29, 1.82) is 0 Å². The summed E-state index contributed by atoms with van der Waals surface area (Å²) in [5, 5.41) is 65.7. The maximum absolute atomic E-state index is 13.1. The van der Waals surface area contributed by atoms with Gasteiger partial charge in [-0.3, -0.25) is 0 Å². The molecule has 0 aromatic heterocycles. The Labute approximate surface area is 274 Å². The van der Waals surface area contributed by atoms with Crippen molar-refractivity contribution < 1.29 is 63.9 Å². The van der Waals surface area contributed by atoms with Gasteiger partial charge in [-0.1, -0.05) is 6.92 Å². The molecule has 4 aliphatic carbocycles. The Morgan fingerprint density at radius 2 is 1.70 bits per heavy atom. The summed E-state index contributed by atoms with van der Waals surface area (Å²) in [5.41, 5.74) is -2.86. The highest BCUT2D eigenvalue weighted by atomic mass is 16.7. The van der Waals surface area contributed by atoms with Gasteiger partial charge in [-0.15, -0.1) is 0 Å². The van der Waals surface area contributed by atoms with Gasteiger partial charge >= 0.3 is 5.97 Å². The van der Waals surface area contributed by atoms with Crippen LogP contribution in [0.25, 0.3) is 0 Å². The first kappa shape index (κ1) is 34.0. The number of hydrogen-bond acceptors (Lipinski definition) is 13. The van der Waals surface area contributed by atoms with E-state index in [1.54, 1.807) is 13.0 Å². The molecule has 0 spiro atoms. The molecule has 0 aromatic carbocycles. The van der Waals surface area contributed by atoms with Crippen molar-refractivity contribution in [3.8, 4) is 0 Å². The van der Waals surface area contributed by atoms with Crippen molar-refractivity contribution in [1.82, 2.24) is 0 Å². The van der Waals surface area contributed by atoms with Crippen LogP contribution in [0.3, 0.4) is 0 Å². The molecule has 7 rings (SSSR count). The van der Waals surface area contributed by atoms with Gasteiger partial charge in [-0.25, -0.2) is 4.79 Å². The van der Waals surface area contributed by atoms with Crippen molar-refractivity contribution in [3.05, 3.63) is 11.6 Å². The third-order valence-corrected chi connectivity index (χ3v) is 13.6. The highest BCUT2D eigenvalue weighted by Crippen LogP contribution is 2.70. The minimum atomic E-state index is -1.50. The van der Waals surface area contributed by atoms with Gasteiger partial charge in [0.2, 0.25) is 0 Å². The van der Waals surface area contributed by atoms with E-state index in [1.165, 1.54) is 0 Å². The molecular formula is C34H50O13. The molecule has 13 heteroatoms. The van der Waals surface area contributed by atoms with Crippen molar-refractivity contribution in [3.63, 3.8) is 0 Å². The summed E-state index contributed by atoms with van der Waals surface area (Å²) in [6.45, 7) is 3.86. The van der Waals surface area contributed by atoms with E-state index in [4.69, 9.17) is 23.7 Å². The molecule has 47 heavy (non-hydrogen) atoms. The summed E-state index contributed by atoms with van der Waals surface area (Å²) in [6.07, 6.45) is -1.89. The molecule has 0 bridgehead atoms. The number of aldehydes is 1. The first-order valence-electron chi connectivity index (χ1n) is 17.3. The predicted octanol–water partition coefficient (Wildman–Crippen LogP) is 0.243. The van der Waals surface area contributed by atoms with Gasteiger partial charge in [0.25, 0.3) is 0 Å². The van der Waals surface area contributed by atoms with Gasteiger partial charge in [0.15, 0.2) is 12.6 Å². The first-order chi connectivity index (χ1) is 22.2. The van der Waals surface area contributed by atoms with E-state index in [0.717, 1.165) is 18.3 Å². The molecule has 4 saturated carbocycles. The van der Waals surface area contributed by atoms with Gasteiger partial charge in [0, 0.05) is 24.3 Å². The Bertz CT molecular complexity index is 1250. The number of hydrogen-bond donors (Lipinski definition) is 6. The summed E-state index contributed by atoms with van der Waals surface area (Å²) < 4.78 is 28.7. The van der Waals surface area contributed by atoms with Crippen molar-refractivity contribution in [2.75, 3.05) is 13.2 Å². The summed E-state index contributed by atoms with van der Waals surface area (Å²) >= 11 is 0. The van der Waals surface area contributed by atoms with Crippen LogP contribution in [-0.4, -0.2) is 123 Å². The van der Waals surface area contributed by atoms with E-state index in [-0.39, 0.29) is 49.8 Å². The summed E-state index contributed by atoms with van der Waals surface area (Å²) in [4.78, 5) is 25.0. The van der Waals surface area contributed by atoms with Crippen LogP contribution in [0.15, 0.2) is 11.6 Å². The molecule has 7 aliphatic rings. The lowest BCUT2D eigenvalue weighted by atomic mass is 9.41. The molecule has 0 unspecified atom stereocenters. The number of esters is 1. The standard InChI is InChI=1S/C34H50O13/c1-17-29(47-30-28(40)27(39)24(37)15-44-30)23(36)12-26(45-17)46-19-3-8-32(16-35)21-4-7-31(2)20(18-11-25(38)43-14-18)6-10-34(31,42)22(21)5-9-33(32,41)13-19/h11,16-17,19-24,26-30,36-37,39-42H,3-10,12-15H2,1-2H3/t17-,19-,20+,21+,22+,23-,24+,26+,27+,28+,29-,30+,31-,32-,33-,34+/m0/s1. The summed E-state index contributed by atoms with van der Waals surface area (Å²) in [5.74, 6) is -0.635. The maximum Gasteiger partial charge on any atom is 0.331 e. The lowest BCUT2D eigenvalue weighted by Crippen LogP contribution is -2.69. The van der Waals surface area contributed by atoms with E-state index >= 15 is 0 Å². The Morgan fingerprint density at radius 3 is 2.40 bits per heavy atom. The maximum atomic E-state index is 13.1. The Hall–Kier alpha value is -1.52. The van der Waals surface area contributed by atoms with Crippen LogP contribution in [-0.2, 0) is 33.3 Å². The van der Waals surface area contributed by atoms with E-state index in [1.807, 2.05) is 0 Å². The number of aliphatic hydroxyl groups excluding tert-OH is 4. The van der Waals surface area contributed by atoms with Gasteiger partial charge in [-0.05, 0) is 81.6 Å². The van der Waals surface area contributed by atoms with Gasteiger partial charge in [0.1, 0.15) is 37.3 Å². The van der Waals surface area contributed by atoms with E-state index in [9.17, 15) is 40.2 Å². The van der Waals surface area contributed by atoms with Gasteiger partial charge in [-0.2, -0.15) is 0 Å². The number of aliphatic hydroxyl groups is 6. The second-order valence-corrected chi connectivity index (χ2v) is 15.7. The van der Waals surface area contributed by atoms with Crippen LogP contribution < -0.4 is 0 Å². The Balaban J connectivity index is 1.01. The molecule has 13 nitrogen and oxygen atoms in total. The monoisotopic (exact) mass is 666 g/mol. The summed E-state index contributed by atoms with van der Waals surface area (Å²) in [6, 6.07) is 0. The topological polar surface area (TPSA) is 202 Å². The van der Waals surface area contributed by atoms with Crippen molar-refractivity contribution in [2.24, 2.45) is 28.6 Å². The zero-order valence-electron chi connectivity index (χ0n) is 27.1. The van der Waals surface area contributed by atoms with Crippen LogP contribution in [0.4, 0.5) is 0 Å². The third-order valence-electron chi connectivity index (χ3n) is 13.6. The van der Waals surface area contributed by atoms with E-state index in [2.05, 4.69) is 6.92 Å². The second kappa shape index (κ2) is 12.1. The molecule has 0 aromatic rings. The molecule has 0 radical (unpaired) electrons. The lowest BCUT2D eigenvalue weighted by molar-refractivity contribution is -0.331. The molecule has 6 N–H and O–H groups in total. The molecule has 16 atom stereocenters. The normalized spacial score (nSPS) is 54.6. The number of cyclic esters (lactones) is 1. The van der Waals surface area contributed by atoms with Gasteiger partial charge in [0.05, 0.1) is 41.5 Å². The number of fused-ring (bicyclic) bond motifs is 5. The van der Waals surface area contributed by atoms with Crippen molar-refractivity contribution >= 4 is 12.3 Å². The number of carbonyl (C=O) groups is 2. The zero-order chi connectivity index (χ0) is 33.5. The molecule has 264 valence electrons. The number of carbonyl (C=O) groups excluding carboxylic acids is 2. The fraction of sp³-hybridized carbons (Fsp3) is 0.882. The third kappa shape index (κ3) is 5.18. The quantitative estimate of drug-likeness (QED) is 0.128. The first-order valence-corrected chi connectivity index (χ1v) is 17.3. The average Bonchev–Trinajstić information content (AvgIpc) is 3.57. The number of ether oxygens (including phenoxy) is 5.